The van der Waals surface area contributed by atoms with E-state index in [-0.39, 0.29) is 30.5 Å². The third-order valence-corrected chi connectivity index (χ3v) is 6.51. The summed E-state index contributed by atoms with van der Waals surface area (Å²) >= 11 is 0. The molecule has 0 spiro atoms. The summed E-state index contributed by atoms with van der Waals surface area (Å²) in [5.74, 6) is -1.55. The minimum atomic E-state index is -3.21. The van der Waals surface area contributed by atoms with Crippen molar-refractivity contribution >= 4 is 0 Å². The monoisotopic (exact) mass is 428 g/mol. The lowest BCUT2D eigenvalue weighted by atomic mass is 9.80. The van der Waals surface area contributed by atoms with Crippen molar-refractivity contribution in [2.24, 2.45) is 17.8 Å². The van der Waals surface area contributed by atoms with Crippen molar-refractivity contribution in [2.45, 2.75) is 83.7 Å². The molecule has 0 aromatic rings. The number of halogens is 3. The van der Waals surface area contributed by atoms with Crippen molar-refractivity contribution in [2.75, 3.05) is 0 Å². The Morgan fingerprint density at radius 2 is 1.60 bits per heavy atom. The van der Waals surface area contributed by atoms with Gasteiger partial charge in [-0.3, -0.25) is 0 Å². The van der Waals surface area contributed by atoms with Crippen LogP contribution < -0.4 is 0 Å². The van der Waals surface area contributed by atoms with Gasteiger partial charge in [0.25, 0.3) is 0 Å². The summed E-state index contributed by atoms with van der Waals surface area (Å²) < 4.78 is 48.9. The SMILES string of the molecule is C=C(C)C(=C/C)/C(F)=C\C(=C)C1CCC(OC(F)(F)C2CCC(C(O)O)CC2)CC1. The lowest BCUT2D eigenvalue weighted by Crippen LogP contribution is -2.40. The third kappa shape index (κ3) is 6.56. The van der Waals surface area contributed by atoms with E-state index in [1.165, 1.54) is 6.08 Å². The van der Waals surface area contributed by atoms with Crippen molar-refractivity contribution in [1.29, 1.82) is 0 Å². The second-order valence-corrected chi connectivity index (χ2v) is 8.73. The highest BCUT2D eigenvalue weighted by Gasteiger charge is 2.45. The van der Waals surface area contributed by atoms with Gasteiger partial charge in [0.05, 0.1) is 12.0 Å². The van der Waals surface area contributed by atoms with Crippen molar-refractivity contribution in [1.82, 2.24) is 0 Å². The van der Waals surface area contributed by atoms with Crippen molar-refractivity contribution < 1.29 is 28.1 Å². The molecule has 0 saturated heterocycles. The zero-order valence-corrected chi connectivity index (χ0v) is 18.0. The molecule has 2 rings (SSSR count). The molecular weight excluding hydrogens is 393 g/mol. The van der Waals surface area contributed by atoms with Crippen molar-refractivity contribution in [3.05, 3.63) is 47.9 Å². The van der Waals surface area contributed by atoms with Crippen molar-refractivity contribution in [3.8, 4) is 0 Å². The standard InChI is InChI=1S/C24H35F3O3/c1-5-21(15(2)3)22(25)14-16(4)17-8-12-20(13-9-17)30-24(26,27)19-10-6-18(7-11-19)23(28)29/h5,14,17-20,23,28-29H,2,4,6-13H2,1,3H3/b21-5-,22-14+. The van der Waals surface area contributed by atoms with Gasteiger partial charge in [-0.1, -0.05) is 19.2 Å². The smallest absolute Gasteiger partial charge is 0.358 e. The van der Waals surface area contributed by atoms with Gasteiger partial charge in [0.2, 0.25) is 0 Å². The lowest BCUT2D eigenvalue weighted by Gasteiger charge is -2.37. The van der Waals surface area contributed by atoms with Gasteiger partial charge in [0, 0.05) is 11.5 Å². The molecule has 6 heteroatoms. The minimum absolute atomic E-state index is 0.0499. The molecule has 0 aromatic carbocycles. The van der Waals surface area contributed by atoms with Gasteiger partial charge in [-0.05, 0) is 88.4 Å². The molecule has 0 amide bonds. The second kappa shape index (κ2) is 10.8. The Labute approximate surface area is 178 Å². The van der Waals surface area contributed by atoms with E-state index in [2.05, 4.69) is 13.2 Å². The van der Waals surface area contributed by atoms with E-state index in [0.29, 0.717) is 55.2 Å². The lowest BCUT2D eigenvalue weighted by molar-refractivity contribution is -0.303. The molecule has 0 radical (unpaired) electrons. The van der Waals surface area contributed by atoms with E-state index in [1.54, 1.807) is 19.9 Å². The fourth-order valence-corrected chi connectivity index (χ4v) is 4.57. The largest absolute Gasteiger partial charge is 0.368 e. The first-order valence-corrected chi connectivity index (χ1v) is 10.9. The average molecular weight is 429 g/mol. The molecule has 0 heterocycles. The summed E-state index contributed by atoms with van der Waals surface area (Å²) in [5.41, 5.74) is 1.76. The quantitative estimate of drug-likeness (QED) is 0.357. The van der Waals surface area contributed by atoms with Gasteiger partial charge in [0.15, 0.2) is 6.29 Å². The molecule has 3 nitrogen and oxygen atoms in total. The Hall–Kier alpha value is -1.37. The van der Waals surface area contributed by atoms with Crippen LogP contribution in [0.3, 0.4) is 0 Å². The molecular formula is C24H35F3O3. The summed E-state index contributed by atoms with van der Waals surface area (Å²) in [6, 6.07) is 0. The Bertz CT molecular complexity index is 665. The molecule has 2 aliphatic rings. The van der Waals surface area contributed by atoms with Gasteiger partial charge in [0.1, 0.15) is 5.83 Å². The van der Waals surface area contributed by atoms with E-state index in [9.17, 15) is 23.4 Å². The van der Waals surface area contributed by atoms with Crippen molar-refractivity contribution in [3.63, 3.8) is 0 Å². The molecule has 30 heavy (non-hydrogen) atoms. The second-order valence-electron chi connectivity index (χ2n) is 8.73. The van der Waals surface area contributed by atoms with E-state index in [4.69, 9.17) is 4.74 Å². The van der Waals surface area contributed by atoms with Gasteiger partial charge in [-0.15, -0.1) is 0 Å². The summed E-state index contributed by atoms with van der Waals surface area (Å²) in [6.45, 7) is 11.3. The highest BCUT2D eigenvalue weighted by molar-refractivity contribution is 5.43. The Morgan fingerprint density at radius 3 is 2.07 bits per heavy atom. The van der Waals surface area contributed by atoms with Crippen LogP contribution in [0.5, 0.6) is 0 Å². The number of hydrogen-bond donors (Lipinski definition) is 2. The molecule has 2 N–H and O–H groups in total. The number of aliphatic hydroxyl groups is 2. The zero-order chi connectivity index (χ0) is 22.5. The third-order valence-electron chi connectivity index (χ3n) is 6.51. The van der Waals surface area contributed by atoms with Crippen LogP contribution in [0.15, 0.2) is 47.9 Å². The van der Waals surface area contributed by atoms with E-state index in [0.717, 1.165) is 0 Å². The van der Waals surface area contributed by atoms with Crippen LogP contribution >= 0.6 is 0 Å². The van der Waals surface area contributed by atoms with Crippen LogP contribution in [-0.4, -0.2) is 28.7 Å². The van der Waals surface area contributed by atoms with Crippen LogP contribution in [0.1, 0.15) is 65.2 Å². The van der Waals surface area contributed by atoms with Crippen LogP contribution in [0.2, 0.25) is 0 Å². The topological polar surface area (TPSA) is 49.7 Å². The molecule has 0 unspecified atom stereocenters. The maximum Gasteiger partial charge on any atom is 0.358 e. The number of ether oxygens (including phenoxy) is 1. The predicted molar refractivity (Wildman–Crippen MR) is 112 cm³/mol. The maximum absolute atomic E-state index is 14.6. The van der Waals surface area contributed by atoms with Crippen LogP contribution in [0, 0.1) is 17.8 Å². The molecule has 2 saturated carbocycles. The number of aliphatic hydroxyl groups excluding tert-OH is 1. The van der Waals surface area contributed by atoms with Gasteiger partial charge >= 0.3 is 6.11 Å². The van der Waals surface area contributed by atoms with Crippen LogP contribution in [0.4, 0.5) is 13.2 Å². The average Bonchev–Trinajstić information content (AvgIpc) is 2.68. The number of rotatable bonds is 8. The highest BCUT2D eigenvalue weighted by Crippen LogP contribution is 2.43. The Kier molecular flexibility index (Phi) is 8.95. The number of hydrogen-bond acceptors (Lipinski definition) is 3. The molecule has 0 bridgehead atoms. The molecule has 2 fully saturated rings. The summed E-state index contributed by atoms with van der Waals surface area (Å²) in [6.07, 6.45) is 1.32. The Morgan fingerprint density at radius 1 is 1.03 bits per heavy atom. The summed E-state index contributed by atoms with van der Waals surface area (Å²) in [4.78, 5) is 0. The number of allylic oxidation sites excluding steroid dienone is 6. The molecule has 0 aliphatic heterocycles. The normalized spacial score (nSPS) is 29.2. The predicted octanol–water partition coefficient (Wildman–Crippen LogP) is 6.20. The fraction of sp³-hybridized carbons (Fsp3) is 0.667. The summed E-state index contributed by atoms with van der Waals surface area (Å²) in [7, 11) is 0. The first-order chi connectivity index (χ1) is 14.0. The fourth-order valence-electron chi connectivity index (χ4n) is 4.57. The van der Waals surface area contributed by atoms with E-state index < -0.39 is 24.4 Å². The van der Waals surface area contributed by atoms with Gasteiger partial charge < -0.3 is 14.9 Å². The van der Waals surface area contributed by atoms with E-state index >= 15 is 0 Å². The number of alkyl halides is 2. The van der Waals surface area contributed by atoms with Gasteiger partial charge in [-0.25, -0.2) is 4.39 Å². The van der Waals surface area contributed by atoms with Crippen LogP contribution in [-0.2, 0) is 4.74 Å². The molecule has 0 atom stereocenters. The van der Waals surface area contributed by atoms with E-state index in [1.807, 2.05) is 0 Å². The molecule has 2 aliphatic carbocycles. The summed E-state index contributed by atoms with van der Waals surface area (Å²) in [5, 5.41) is 18.4. The first-order valence-electron chi connectivity index (χ1n) is 10.9. The first kappa shape index (κ1) is 24.9. The van der Waals surface area contributed by atoms with Gasteiger partial charge in [-0.2, -0.15) is 8.78 Å². The maximum atomic E-state index is 14.6. The molecule has 170 valence electrons. The zero-order valence-electron chi connectivity index (χ0n) is 18.0. The Balaban J connectivity index is 1.85. The minimum Gasteiger partial charge on any atom is -0.368 e. The highest BCUT2D eigenvalue weighted by atomic mass is 19.3. The van der Waals surface area contributed by atoms with Crippen LogP contribution in [0.25, 0.3) is 0 Å². The molecule has 0 aromatic heterocycles.